The lowest BCUT2D eigenvalue weighted by Gasteiger charge is -2.05. The molecule has 0 saturated carbocycles. The van der Waals surface area contributed by atoms with Crippen LogP contribution in [0.5, 0.6) is 0 Å². The van der Waals surface area contributed by atoms with E-state index in [9.17, 15) is 4.79 Å². The molecular weight excluding hydrogens is 370 g/mol. The summed E-state index contributed by atoms with van der Waals surface area (Å²) in [6, 6.07) is 23.8. The van der Waals surface area contributed by atoms with Gasteiger partial charge in [0.05, 0.1) is 6.26 Å². The molecule has 0 aliphatic carbocycles. The summed E-state index contributed by atoms with van der Waals surface area (Å²) in [5.41, 5.74) is 5.56. The van der Waals surface area contributed by atoms with Gasteiger partial charge in [0.1, 0.15) is 5.58 Å². The summed E-state index contributed by atoms with van der Waals surface area (Å²) < 4.78 is 5.40. The van der Waals surface area contributed by atoms with Crippen LogP contribution in [-0.2, 0) is 12.8 Å². The Hall–Kier alpha value is -4.03. The van der Waals surface area contributed by atoms with E-state index >= 15 is 0 Å². The van der Waals surface area contributed by atoms with Crippen molar-refractivity contribution in [3.63, 3.8) is 0 Å². The Morgan fingerprint density at radius 3 is 2.70 bits per heavy atom. The first kappa shape index (κ1) is 18.0. The number of pyridine rings is 1. The van der Waals surface area contributed by atoms with Gasteiger partial charge in [-0.05, 0) is 47.5 Å². The van der Waals surface area contributed by atoms with Crippen LogP contribution < -0.4 is 5.43 Å². The van der Waals surface area contributed by atoms with E-state index in [0.717, 1.165) is 33.2 Å². The molecule has 0 fully saturated rings. The number of H-pyrrole nitrogens is 1. The number of furan rings is 1. The monoisotopic (exact) mass is 389 g/mol. The number of fused-ring (bicyclic) bond motifs is 2. The fourth-order valence-electron chi connectivity index (χ4n) is 3.66. The van der Waals surface area contributed by atoms with E-state index in [1.54, 1.807) is 6.26 Å². The van der Waals surface area contributed by atoms with Gasteiger partial charge < -0.3 is 9.40 Å². The lowest BCUT2D eigenvalue weighted by Crippen LogP contribution is -2.10. The van der Waals surface area contributed by atoms with E-state index in [0.29, 0.717) is 18.2 Å². The highest BCUT2D eigenvalue weighted by molar-refractivity contribution is 5.81. The summed E-state index contributed by atoms with van der Waals surface area (Å²) in [6.07, 6.45) is 4.74. The summed E-state index contributed by atoms with van der Waals surface area (Å²) in [5, 5.41) is 1.71. The van der Waals surface area contributed by atoms with E-state index < -0.39 is 0 Å². The first-order valence-electron chi connectivity index (χ1n) is 9.89. The minimum absolute atomic E-state index is 0.0442. The summed E-state index contributed by atoms with van der Waals surface area (Å²) in [5.74, 6) is 6.39. The van der Waals surface area contributed by atoms with Gasteiger partial charge >= 0.3 is 0 Å². The highest BCUT2D eigenvalue weighted by Crippen LogP contribution is 2.19. The van der Waals surface area contributed by atoms with Crippen LogP contribution in [0, 0.1) is 11.8 Å². The molecule has 0 unspecified atom stereocenters. The van der Waals surface area contributed by atoms with Gasteiger partial charge in [0.2, 0.25) is 0 Å². The van der Waals surface area contributed by atoms with Gasteiger partial charge in [-0.1, -0.05) is 48.2 Å². The van der Waals surface area contributed by atoms with Gasteiger partial charge in [0, 0.05) is 46.5 Å². The van der Waals surface area contributed by atoms with Crippen LogP contribution in [0.25, 0.3) is 21.9 Å². The van der Waals surface area contributed by atoms with Crippen molar-refractivity contribution in [1.29, 1.82) is 0 Å². The number of rotatable bonds is 3. The van der Waals surface area contributed by atoms with E-state index in [1.165, 1.54) is 5.56 Å². The molecule has 0 aliphatic heterocycles. The van der Waals surface area contributed by atoms with Gasteiger partial charge in [0.25, 0.3) is 0 Å². The fourth-order valence-corrected chi connectivity index (χ4v) is 3.66. The van der Waals surface area contributed by atoms with Crippen LogP contribution >= 0.6 is 0 Å². The molecule has 3 nitrogen and oxygen atoms in total. The lowest BCUT2D eigenvalue weighted by atomic mass is 10.0. The SMILES string of the molecule is O=c1c(Cc2ccc3occc3c2)c[nH]c2ccc(C#CCc3ccccc3)cc12. The van der Waals surface area contributed by atoms with E-state index in [-0.39, 0.29) is 5.43 Å². The number of nitrogens with one attached hydrogen (secondary N) is 1. The van der Waals surface area contributed by atoms with Crippen LogP contribution in [0.2, 0.25) is 0 Å². The predicted octanol–water partition coefficient (Wildman–Crippen LogP) is 5.46. The van der Waals surface area contributed by atoms with E-state index in [2.05, 4.69) is 35.0 Å². The van der Waals surface area contributed by atoms with Gasteiger partial charge in [-0.3, -0.25) is 4.79 Å². The normalized spacial score (nSPS) is 10.8. The van der Waals surface area contributed by atoms with Crippen molar-refractivity contribution in [2.45, 2.75) is 12.8 Å². The summed E-state index contributed by atoms with van der Waals surface area (Å²) in [4.78, 5) is 16.4. The van der Waals surface area contributed by atoms with E-state index in [4.69, 9.17) is 4.42 Å². The first-order valence-corrected chi connectivity index (χ1v) is 9.89. The maximum atomic E-state index is 13.1. The molecule has 5 rings (SSSR count). The number of aromatic nitrogens is 1. The van der Waals surface area contributed by atoms with Crippen molar-refractivity contribution in [2.75, 3.05) is 0 Å². The first-order chi connectivity index (χ1) is 14.8. The molecule has 0 bridgehead atoms. The van der Waals surface area contributed by atoms with Crippen molar-refractivity contribution >= 4 is 21.9 Å². The smallest absolute Gasteiger partial charge is 0.192 e. The zero-order valence-corrected chi connectivity index (χ0v) is 16.3. The van der Waals surface area contributed by atoms with Crippen LogP contribution in [0.3, 0.4) is 0 Å². The molecule has 144 valence electrons. The maximum absolute atomic E-state index is 13.1. The molecule has 5 aromatic rings. The summed E-state index contributed by atoms with van der Waals surface area (Å²) in [6.45, 7) is 0. The average molecular weight is 389 g/mol. The minimum atomic E-state index is 0.0442. The fraction of sp³-hybridized carbons (Fsp3) is 0.0741. The molecular formula is C27H19NO2. The standard InChI is InChI=1S/C27H19NO2/c29-27-23(16-21-10-12-26-22(15-21)13-14-30-26)18-28-25-11-9-20(17-24(25)27)8-4-7-19-5-2-1-3-6-19/h1-3,5-6,9-15,17-18H,7,16H2,(H,28,29). The van der Waals surface area contributed by atoms with Crippen molar-refractivity contribution in [1.82, 2.24) is 4.98 Å². The van der Waals surface area contributed by atoms with Gasteiger partial charge in [0.15, 0.2) is 5.43 Å². The van der Waals surface area contributed by atoms with Gasteiger partial charge in [-0.2, -0.15) is 0 Å². The van der Waals surface area contributed by atoms with Crippen LogP contribution in [-0.4, -0.2) is 4.98 Å². The molecule has 0 spiro atoms. The van der Waals surface area contributed by atoms with Crippen molar-refractivity contribution in [2.24, 2.45) is 0 Å². The summed E-state index contributed by atoms with van der Waals surface area (Å²) in [7, 11) is 0. The summed E-state index contributed by atoms with van der Waals surface area (Å²) >= 11 is 0. The predicted molar refractivity (Wildman–Crippen MR) is 121 cm³/mol. The minimum Gasteiger partial charge on any atom is -0.464 e. The van der Waals surface area contributed by atoms with Crippen LogP contribution in [0.1, 0.15) is 22.3 Å². The molecule has 2 aromatic heterocycles. The van der Waals surface area contributed by atoms with Crippen molar-refractivity contribution in [3.05, 3.63) is 118 Å². The maximum Gasteiger partial charge on any atom is 0.192 e. The molecule has 2 heterocycles. The molecule has 3 aromatic carbocycles. The Bertz CT molecular complexity index is 1460. The molecule has 3 heteroatoms. The highest BCUT2D eigenvalue weighted by atomic mass is 16.3. The Labute approximate surface area is 174 Å². The van der Waals surface area contributed by atoms with Crippen molar-refractivity contribution in [3.8, 4) is 11.8 Å². The Balaban J connectivity index is 1.44. The Morgan fingerprint density at radius 1 is 0.900 bits per heavy atom. The third kappa shape index (κ3) is 3.64. The number of hydrogen-bond donors (Lipinski definition) is 1. The molecule has 0 amide bonds. The number of aromatic amines is 1. The van der Waals surface area contributed by atoms with Crippen LogP contribution in [0.4, 0.5) is 0 Å². The second-order valence-electron chi connectivity index (χ2n) is 7.34. The Kier molecular flexibility index (Phi) is 4.67. The highest BCUT2D eigenvalue weighted by Gasteiger charge is 2.08. The zero-order chi connectivity index (χ0) is 20.3. The molecule has 0 radical (unpaired) electrons. The van der Waals surface area contributed by atoms with E-state index in [1.807, 2.05) is 60.8 Å². The topological polar surface area (TPSA) is 46.0 Å². The number of hydrogen-bond acceptors (Lipinski definition) is 2. The third-order valence-corrected chi connectivity index (χ3v) is 5.24. The molecule has 0 atom stereocenters. The largest absolute Gasteiger partial charge is 0.464 e. The third-order valence-electron chi connectivity index (χ3n) is 5.24. The van der Waals surface area contributed by atoms with Gasteiger partial charge in [-0.25, -0.2) is 0 Å². The molecule has 30 heavy (non-hydrogen) atoms. The lowest BCUT2D eigenvalue weighted by molar-refractivity contribution is 0.616. The molecule has 0 saturated heterocycles. The van der Waals surface area contributed by atoms with Crippen LogP contribution in [0.15, 0.2) is 94.5 Å². The quantitative estimate of drug-likeness (QED) is 0.417. The second kappa shape index (κ2) is 7.77. The molecule has 0 aliphatic rings. The second-order valence-corrected chi connectivity index (χ2v) is 7.34. The Morgan fingerprint density at radius 2 is 1.80 bits per heavy atom. The zero-order valence-electron chi connectivity index (χ0n) is 16.3. The van der Waals surface area contributed by atoms with Crippen molar-refractivity contribution < 1.29 is 4.42 Å². The number of benzene rings is 3. The average Bonchev–Trinajstić information content (AvgIpc) is 3.25. The molecule has 1 N–H and O–H groups in total. The van der Waals surface area contributed by atoms with Gasteiger partial charge in [-0.15, -0.1) is 0 Å².